The number of carbonyl (C=O) groups is 1. The summed E-state index contributed by atoms with van der Waals surface area (Å²) in [5.74, 6) is 0.880. The van der Waals surface area contributed by atoms with Crippen LogP contribution in [0.4, 0.5) is 5.82 Å². The van der Waals surface area contributed by atoms with E-state index in [-0.39, 0.29) is 23.7 Å². The minimum atomic E-state index is -0.276. The Bertz CT molecular complexity index is 971. The highest BCUT2D eigenvalue weighted by atomic mass is 16.5. The van der Waals surface area contributed by atoms with Crippen molar-refractivity contribution in [2.24, 2.45) is 5.41 Å². The predicted octanol–water partition coefficient (Wildman–Crippen LogP) is 3.09. The summed E-state index contributed by atoms with van der Waals surface area (Å²) in [5, 5.41) is 8.34. The fourth-order valence-corrected chi connectivity index (χ4v) is 5.65. The van der Waals surface area contributed by atoms with E-state index >= 15 is 0 Å². The zero-order valence-corrected chi connectivity index (χ0v) is 18.0. The highest BCUT2D eigenvalue weighted by Crippen LogP contribution is 2.42. The molecule has 31 heavy (non-hydrogen) atoms. The Morgan fingerprint density at radius 2 is 1.94 bits per heavy atom. The van der Waals surface area contributed by atoms with Crippen LogP contribution >= 0.6 is 0 Å². The molecular formula is C23H31N5O3. The predicted molar refractivity (Wildman–Crippen MR) is 116 cm³/mol. The average molecular weight is 426 g/mol. The summed E-state index contributed by atoms with van der Waals surface area (Å²) in [6.07, 6.45) is 8.12. The number of anilines is 1. The molecule has 2 aromatic heterocycles. The minimum Gasteiger partial charge on any atom is -0.372 e. The summed E-state index contributed by atoms with van der Waals surface area (Å²) >= 11 is 0. The van der Waals surface area contributed by atoms with Crippen LogP contribution in [0.2, 0.25) is 0 Å². The lowest BCUT2D eigenvalue weighted by atomic mass is 9.86. The molecule has 0 radical (unpaired) electrons. The SMILES string of the molecule is O=C1N(c2nn(C3CCCCO3)c3ccc(C4CCCCO4)nc23)CC[C@]12CCNC2. The first-order valence-electron chi connectivity index (χ1n) is 11.9. The van der Waals surface area contributed by atoms with E-state index in [1.165, 1.54) is 0 Å². The third kappa shape index (κ3) is 3.27. The molecule has 6 rings (SSSR count). The van der Waals surface area contributed by atoms with Gasteiger partial charge in [0.1, 0.15) is 5.52 Å². The Balaban J connectivity index is 1.43. The van der Waals surface area contributed by atoms with Gasteiger partial charge >= 0.3 is 0 Å². The van der Waals surface area contributed by atoms with Gasteiger partial charge in [0.15, 0.2) is 12.0 Å². The summed E-state index contributed by atoms with van der Waals surface area (Å²) in [6, 6.07) is 4.16. The van der Waals surface area contributed by atoms with Crippen molar-refractivity contribution in [3.05, 3.63) is 17.8 Å². The number of amides is 1. The van der Waals surface area contributed by atoms with Crippen molar-refractivity contribution in [2.45, 2.75) is 63.7 Å². The van der Waals surface area contributed by atoms with Gasteiger partial charge in [0.2, 0.25) is 5.91 Å². The van der Waals surface area contributed by atoms with Crippen molar-refractivity contribution in [3.8, 4) is 0 Å². The molecule has 2 unspecified atom stereocenters. The first-order valence-corrected chi connectivity index (χ1v) is 11.9. The number of ether oxygens (including phenoxy) is 2. The van der Waals surface area contributed by atoms with Gasteiger partial charge in [0, 0.05) is 26.3 Å². The molecule has 0 saturated carbocycles. The lowest BCUT2D eigenvalue weighted by Gasteiger charge is -2.24. The van der Waals surface area contributed by atoms with Gasteiger partial charge in [-0.1, -0.05) is 0 Å². The maximum atomic E-state index is 13.5. The largest absolute Gasteiger partial charge is 0.372 e. The fraction of sp³-hybridized carbons (Fsp3) is 0.696. The summed E-state index contributed by atoms with van der Waals surface area (Å²) < 4.78 is 14.0. The van der Waals surface area contributed by atoms with E-state index in [1.807, 2.05) is 9.58 Å². The van der Waals surface area contributed by atoms with Crippen molar-refractivity contribution in [1.29, 1.82) is 0 Å². The van der Waals surface area contributed by atoms with Gasteiger partial charge in [-0.25, -0.2) is 9.67 Å². The fourth-order valence-electron chi connectivity index (χ4n) is 5.65. The number of pyridine rings is 1. The second-order valence-corrected chi connectivity index (χ2v) is 9.46. The van der Waals surface area contributed by atoms with E-state index in [4.69, 9.17) is 19.6 Å². The Kier molecular flexibility index (Phi) is 4.96. The molecule has 2 aromatic rings. The maximum absolute atomic E-state index is 13.5. The first-order chi connectivity index (χ1) is 15.3. The number of hydrogen-bond donors (Lipinski definition) is 1. The summed E-state index contributed by atoms with van der Waals surface area (Å²) in [7, 11) is 0. The third-order valence-electron chi connectivity index (χ3n) is 7.51. The van der Waals surface area contributed by atoms with Crippen LogP contribution in [-0.4, -0.2) is 53.5 Å². The third-order valence-corrected chi connectivity index (χ3v) is 7.51. The molecule has 1 amide bonds. The molecule has 0 aromatic carbocycles. The first kappa shape index (κ1) is 19.6. The molecule has 4 saturated heterocycles. The molecule has 6 heterocycles. The standard InChI is InChI=1S/C23H31N5O3/c29-22-23(9-11-24-15-23)10-12-27(22)21-20-17(28(26-21)19-6-2-4-14-31-19)8-7-16(25-20)18-5-1-3-13-30-18/h7-8,18-19,24H,1-6,9-15H2/t18?,19?,23-/m0/s1. The average Bonchev–Trinajstić information content (AvgIpc) is 3.54. The molecule has 1 N–H and O–H groups in total. The zero-order valence-electron chi connectivity index (χ0n) is 18.0. The van der Waals surface area contributed by atoms with E-state index in [9.17, 15) is 4.79 Å². The second-order valence-electron chi connectivity index (χ2n) is 9.46. The van der Waals surface area contributed by atoms with Gasteiger partial charge in [-0.3, -0.25) is 9.69 Å². The van der Waals surface area contributed by atoms with Crippen LogP contribution in [0.1, 0.15) is 69.4 Å². The lowest BCUT2D eigenvalue weighted by Crippen LogP contribution is -2.36. The number of fused-ring (bicyclic) bond motifs is 1. The molecule has 3 atom stereocenters. The number of hydrogen-bond acceptors (Lipinski definition) is 6. The van der Waals surface area contributed by atoms with Crippen LogP contribution < -0.4 is 10.2 Å². The molecule has 4 fully saturated rings. The van der Waals surface area contributed by atoms with E-state index in [2.05, 4.69) is 17.4 Å². The number of nitrogens with zero attached hydrogens (tertiary/aromatic N) is 4. The monoisotopic (exact) mass is 425 g/mol. The van der Waals surface area contributed by atoms with Crippen molar-refractivity contribution < 1.29 is 14.3 Å². The Morgan fingerprint density at radius 3 is 2.68 bits per heavy atom. The molecule has 4 aliphatic heterocycles. The summed E-state index contributed by atoms with van der Waals surface area (Å²) in [4.78, 5) is 20.4. The Morgan fingerprint density at radius 1 is 1.06 bits per heavy atom. The van der Waals surface area contributed by atoms with Crippen LogP contribution in [0.5, 0.6) is 0 Å². The molecule has 8 nitrogen and oxygen atoms in total. The highest BCUT2D eigenvalue weighted by molar-refractivity contribution is 6.04. The highest BCUT2D eigenvalue weighted by Gasteiger charge is 2.50. The zero-order chi connectivity index (χ0) is 20.8. The van der Waals surface area contributed by atoms with Crippen LogP contribution in [0.25, 0.3) is 11.0 Å². The van der Waals surface area contributed by atoms with Crippen molar-refractivity contribution >= 4 is 22.8 Å². The van der Waals surface area contributed by atoms with Gasteiger partial charge in [0.25, 0.3) is 0 Å². The Labute approximate surface area is 182 Å². The van der Waals surface area contributed by atoms with Crippen LogP contribution in [-0.2, 0) is 14.3 Å². The number of aromatic nitrogens is 3. The maximum Gasteiger partial charge on any atom is 0.235 e. The van der Waals surface area contributed by atoms with Crippen molar-refractivity contribution in [1.82, 2.24) is 20.1 Å². The van der Waals surface area contributed by atoms with Crippen LogP contribution in [0, 0.1) is 5.41 Å². The summed E-state index contributed by atoms with van der Waals surface area (Å²) in [6.45, 7) is 3.91. The topological polar surface area (TPSA) is 81.5 Å². The number of rotatable bonds is 3. The summed E-state index contributed by atoms with van der Waals surface area (Å²) in [5.41, 5.74) is 2.42. The lowest BCUT2D eigenvalue weighted by molar-refractivity contribution is -0.124. The molecule has 4 aliphatic rings. The van der Waals surface area contributed by atoms with Gasteiger partial charge in [-0.15, -0.1) is 5.10 Å². The van der Waals surface area contributed by atoms with Crippen molar-refractivity contribution in [2.75, 3.05) is 37.7 Å². The second kappa shape index (κ2) is 7.83. The molecule has 8 heteroatoms. The van der Waals surface area contributed by atoms with E-state index in [1.54, 1.807) is 0 Å². The van der Waals surface area contributed by atoms with Gasteiger partial charge in [0.05, 0.1) is 22.7 Å². The Hall–Kier alpha value is -2.03. The van der Waals surface area contributed by atoms with Crippen LogP contribution in [0.3, 0.4) is 0 Å². The van der Waals surface area contributed by atoms with Crippen LogP contribution in [0.15, 0.2) is 12.1 Å². The van der Waals surface area contributed by atoms with Crippen molar-refractivity contribution in [3.63, 3.8) is 0 Å². The quantitative estimate of drug-likeness (QED) is 0.814. The number of nitrogens with one attached hydrogen (secondary N) is 1. The molecule has 1 spiro atoms. The van der Waals surface area contributed by atoms with E-state index < -0.39 is 0 Å². The minimum absolute atomic E-state index is 0.0277. The smallest absolute Gasteiger partial charge is 0.235 e. The molecule has 0 aliphatic carbocycles. The normalized spacial score (nSPS) is 31.9. The van der Waals surface area contributed by atoms with E-state index in [0.29, 0.717) is 12.4 Å². The van der Waals surface area contributed by atoms with E-state index in [0.717, 1.165) is 94.4 Å². The number of carbonyl (C=O) groups excluding carboxylic acids is 1. The van der Waals surface area contributed by atoms with Gasteiger partial charge in [-0.2, -0.15) is 0 Å². The molecule has 0 bridgehead atoms. The van der Waals surface area contributed by atoms with Gasteiger partial charge in [-0.05, 0) is 70.0 Å². The van der Waals surface area contributed by atoms with Gasteiger partial charge < -0.3 is 14.8 Å². The molecular weight excluding hydrogens is 394 g/mol. The molecule has 166 valence electrons.